The number of carbonyl (C=O) groups excluding carboxylic acids is 1. The molecule has 11 heteroatoms. The molecule has 0 bridgehead atoms. The van der Waals surface area contributed by atoms with Crippen LogP contribution in [0.5, 0.6) is 5.88 Å². The minimum Gasteiger partial charge on any atom is -0.476 e. The molecule has 1 saturated heterocycles. The largest absolute Gasteiger partial charge is 0.476 e. The van der Waals surface area contributed by atoms with Gasteiger partial charge in [0.25, 0.3) is 0 Å². The molecule has 1 aromatic carbocycles. The summed E-state index contributed by atoms with van der Waals surface area (Å²) in [5.74, 6) is -1.82. The number of aromatic nitrogens is 2. The topological polar surface area (TPSA) is 109 Å². The van der Waals surface area contributed by atoms with Gasteiger partial charge in [0.2, 0.25) is 5.88 Å². The van der Waals surface area contributed by atoms with Gasteiger partial charge >= 0.3 is 0 Å². The van der Waals surface area contributed by atoms with Gasteiger partial charge in [-0.1, -0.05) is 11.8 Å². The first-order chi connectivity index (χ1) is 16.7. The van der Waals surface area contributed by atoms with Gasteiger partial charge in [0.1, 0.15) is 5.69 Å². The molecule has 8 nitrogen and oxygen atoms in total. The molecule has 5 rings (SSSR count). The van der Waals surface area contributed by atoms with Crippen LogP contribution in [0.15, 0.2) is 29.5 Å². The van der Waals surface area contributed by atoms with Crippen LogP contribution in [0, 0.1) is 23.5 Å². The number of hydrogen-bond acceptors (Lipinski definition) is 9. The molecule has 1 aromatic heterocycles. The number of Topliss-reactive ketones (excluding diaryl/α,β-unsaturated/α-hetero) is 1. The molecule has 3 heterocycles. The van der Waals surface area contributed by atoms with E-state index in [0.717, 1.165) is 6.07 Å². The van der Waals surface area contributed by atoms with Gasteiger partial charge in [-0.05, 0) is 31.0 Å². The number of thioether (sulfide) groups is 1. The third-order valence-electron chi connectivity index (χ3n) is 6.83. The van der Waals surface area contributed by atoms with E-state index in [1.54, 1.807) is 14.0 Å². The van der Waals surface area contributed by atoms with Crippen molar-refractivity contribution in [3.63, 3.8) is 0 Å². The molecule has 35 heavy (non-hydrogen) atoms. The molecule has 0 unspecified atom stereocenters. The molecule has 2 aliphatic heterocycles. The summed E-state index contributed by atoms with van der Waals surface area (Å²) in [6, 6.07) is 2.54. The fourth-order valence-electron chi connectivity index (χ4n) is 4.84. The minimum absolute atomic E-state index is 0.0722. The number of nitrogens with two attached hydrogens (primary N) is 1. The lowest BCUT2D eigenvalue weighted by atomic mass is 9.84. The number of fused-ring (bicyclic) bond motifs is 1. The number of carbonyl (C=O) groups is 1. The van der Waals surface area contributed by atoms with E-state index in [-0.39, 0.29) is 34.1 Å². The van der Waals surface area contributed by atoms with Crippen molar-refractivity contribution in [2.45, 2.75) is 30.1 Å². The van der Waals surface area contributed by atoms with Crippen LogP contribution in [0.3, 0.4) is 0 Å². The number of ether oxygens (including phenoxy) is 3. The van der Waals surface area contributed by atoms with Crippen molar-refractivity contribution in [1.29, 1.82) is 0 Å². The van der Waals surface area contributed by atoms with Crippen LogP contribution in [0.2, 0.25) is 0 Å². The van der Waals surface area contributed by atoms with Gasteiger partial charge < -0.3 is 19.9 Å². The fraction of sp³-hybridized carbons (Fsp3) is 0.500. The summed E-state index contributed by atoms with van der Waals surface area (Å²) in [6.45, 7) is 3.97. The zero-order chi connectivity index (χ0) is 24.8. The number of nitrogens with zero attached hydrogens (tertiary/aromatic N) is 3. The summed E-state index contributed by atoms with van der Waals surface area (Å²) in [7, 11) is 1.60. The van der Waals surface area contributed by atoms with Crippen molar-refractivity contribution in [3.8, 4) is 5.88 Å². The van der Waals surface area contributed by atoms with E-state index in [0.29, 0.717) is 55.4 Å². The highest BCUT2D eigenvalue weighted by Crippen LogP contribution is 2.66. The Morgan fingerprint density at radius 2 is 2.09 bits per heavy atom. The first kappa shape index (κ1) is 24.1. The second kappa shape index (κ2) is 9.11. The number of hydrogen-bond donors (Lipinski definition) is 1. The Bertz CT molecular complexity index is 1180. The smallest absolute Gasteiger partial charge is 0.232 e. The standard InChI is InChI=1S/C24H26F2N4O4S/c1-23(19-6-24(19,12-32-2)35-22(27)30-23)15-3-13(4-16(25)21(15)26)5-18(31)17-7-29-20(8-28-17)34-11-14-9-33-10-14/h3-4,7-8,14,19H,5-6,9-12H2,1-2H3,(H2,27,30)/t19-,23+,24+/m0/s1. The van der Waals surface area contributed by atoms with E-state index in [4.69, 9.17) is 19.9 Å². The van der Waals surface area contributed by atoms with E-state index in [9.17, 15) is 9.18 Å². The lowest BCUT2D eigenvalue weighted by Gasteiger charge is -2.34. The van der Waals surface area contributed by atoms with Gasteiger partial charge in [-0.25, -0.2) is 18.7 Å². The predicted molar refractivity (Wildman–Crippen MR) is 126 cm³/mol. The maximum atomic E-state index is 15.1. The average Bonchev–Trinajstić information content (AvgIpc) is 3.50. The SMILES string of the molecule is COC[C@]12C[C@H]1[C@@](C)(c1cc(CC(=O)c3cnc(OCC4COC4)cn3)cc(F)c1F)N=C(N)S2. The van der Waals surface area contributed by atoms with E-state index in [2.05, 4.69) is 15.0 Å². The third kappa shape index (κ3) is 4.52. The van der Waals surface area contributed by atoms with Crippen LogP contribution in [-0.4, -0.2) is 59.2 Å². The summed E-state index contributed by atoms with van der Waals surface area (Å²) in [4.78, 5) is 25.6. The first-order valence-corrected chi connectivity index (χ1v) is 12.1. The van der Waals surface area contributed by atoms with Crippen LogP contribution in [-0.2, 0) is 21.4 Å². The van der Waals surface area contributed by atoms with Crippen LogP contribution < -0.4 is 10.5 Å². The van der Waals surface area contributed by atoms with Gasteiger partial charge in [0.15, 0.2) is 22.6 Å². The summed E-state index contributed by atoms with van der Waals surface area (Å²) in [5.41, 5.74) is 5.53. The fourth-order valence-corrected chi connectivity index (χ4v) is 6.29. The lowest BCUT2D eigenvalue weighted by Crippen LogP contribution is -2.38. The highest BCUT2D eigenvalue weighted by Gasteiger charge is 2.66. The number of ketones is 1. The molecule has 0 amide bonds. The van der Waals surface area contributed by atoms with E-state index < -0.39 is 17.2 Å². The lowest BCUT2D eigenvalue weighted by molar-refractivity contribution is -0.0514. The summed E-state index contributed by atoms with van der Waals surface area (Å²) in [5, 5.41) is 0.307. The Kier molecular flexibility index (Phi) is 6.27. The Labute approximate surface area is 205 Å². The van der Waals surface area contributed by atoms with Gasteiger partial charge in [-0.15, -0.1) is 0 Å². The number of benzene rings is 1. The zero-order valence-electron chi connectivity index (χ0n) is 19.4. The van der Waals surface area contributed by atoms with E-state index in [1.165, 1.54) is 30.2 Å². The molecule has 1 saturated carbocycles. The van der Waals surface area contributed by atoms with E-state index >= 15 is 4.39 Å². The molecule has 2 aromatic rings. The molecule has 1 aliphatic carbocycles. The van der Waals surface area contributed by atoms with Crippen molar-refractivity contribution in [2.75, 3.05) is 33.5 Å². The number of amidine groups is 1. The van der Waals surface area contributed by atoms with Crippen LogP contribution >= 0.6 is 11.8 Å². The monoisotopic (exact) mass is 504 g/mol. The van der Waals surface area contributed by atoms with Gasteiger partial charge in [-0.2, -0.15) is 0 Å². The zero-order valence-corrected chi connectivity index (χ0v) is 20.2. The molecule has 3 aliphatic rings. The Hall–Kier alpha value is -2.63. The molecule has 0 spiro atoms. The highest BCUT2D eigenvalue weighted by atomic mass is 32.2. The van der Waals surface area contributed by atoms with Crippen molar-refractivity contribution in [1.82, 2.24) is 9.97 Å². The Morgan fingerprint density at radius 1 is 1.29 bits per heavy atom. The number of halogens is 2. The molecular formula is C24H26F2N4O4S. The molecule has 3 atom stereocenters. The van der Waals surface area contributed by atoms with Crippen LogP contribution in [0.25, 0.3) is 0 Å². The normalized spacial score (nSPS) is 27.5. The van der Waals surface area contributed by atoms with Gasteiger partial charge in [0, 0.05) is 30.9 Å². The summed E-state index contributed by atoms with van der Waals surface area (Å²) < 4.78 is 45.4. The molecule has 2 fully saturated rings. The molecule has 186 valence electrons. The quantitative estimate of drug-likeness (QED) is 0.520. The molecular weight excluding hydrogens is 478 g/mol. The summed E-state index contributed by atoms with van der Waals surface area (Å²) >= 11 is 1.42. The second-order valence-corrected chi connectivity index (χ2v) is 10.9. The Balaban J connectivity index is 1.35. The number of methoxy groups -OCH3 is 1. The minimum atomic E-state index is -1.07. The van der Waals surface area contributed by atoms with Crippen molar-refractivity contribution < 1.29 is 27.8 Å². The van der Waals surface area contributed by atoms with Crippen molar-refractivity contribution in [3.05, 3.63) is 53.0 Å². The molecule has 0 radical (unpaired) electrons. The van der Waals surface area contributed by atoms with E-state index in [1.807, 2.05) is 0 Å². The molecule has 2 N–H and O–H groups in total. The third-order valence-corrected chi connectivity index (χ3v) is 8.10. The highest BCUT2D eigenvalue weighted by molar-refractivity contribution is 8.15. The van der Waals surface area contributed by atoms with Crippen LogP contribution in [0.4, 0.5) is 8.78 Å². The second-order valence-electron chi connectivity index (χ2n) is 9.45. The maximum absolute atomic E-state index is 15.1. The predicted octanol–water partition coefficient (Wildman–Crippen LogP) is 2.89. The van der Waals surface area contributed by atoms with Gasteiger partial charge in [-0.3, -0.25) is 9.79 Å². The average molecular weight is 505 g/mol. The van der Waals surface area contributed by atoms with Crippen molar-refractivity contribution in [2.24, 2.45) is 22.6 Å². The van der Waals surface area contributed by atoms with Gasteiger partial charge in [0.05, 0.1) is 49.1 Å². The number of rotatable bonds is 9. The summed E-state index contributed by atoms with van der Waals surface area (Å²) in [6.07, 6.45) is 3.25. The first-order valence-electron chi connectivity index (χ1n) is 11.3. The van der Waals surface area contributed by atoms with Crippen LogP contribution in [0.1, 0.15) is 35.0 Å². The maximum Gasteiger partial charge on any atom is 0.232 e. The number of aliphatic imine (C=N–C) groups is 1. The van der Waals surface area contributed by atoms with Crippen molar-refractivity contribution >= 4 is 22.7 Å². The Morgan fingerprint density at radius 3 is 2.74 bits per heavy atom.